The quantitative estimate of drug-likeness (QED) is 0.920. The van der Waals surface area contributed by atoms with Crippen molar-refractivity contribution in [1.29, 1.82) is 0 Å². The number of nitrogens with zero attached hydrogens (tertiary/aromatic N) is 3. The third-order valence-electron chi connectivity index (χ3n) is 4.54. The largest absolute Gasteiger partial charge is 0.481 e. The topological polar surface area (TPSA) is 75.4 Å². The molecule has 1 aromatic heterocycles. The number of aliphatic carboxylic acids is 1. The summed E-state index contributed by atoms with van der Waals surface area (Å²) in [7, 11) is 0. The van der Waals surface area contributed by atoms with Crippen molar-refractivity contribution < 1.29 is 14.7 Å². The van der Waals surface area contributed by atoms with Crippen LogP contribution in [-0.2, 0) is 9.59 Å². The average Bonchev–Trinajstić information content (AvgIpc) is 3.21. The zero-order chi connectivity index (χ0) is 15.0. The second-order valence-electron chi connectivity index (χ2n) is 5.92. The predicted octanol–water partition coefficient (Wildman–Crippen LogP) is 1.99. The Hall–Kier alpha value is -1.85. The number of aromatic nitrogens is 2. The van der Waals surface area contributed by atoms with Crippen molar-refractivity contribution in [2.45, 2.75) is 51.1 Å². The molecule has 1 N–H and O–H groups in total. The number of carboxylic acids is 1. The summed E-state index contributed by atoms with van der Waals surface area (Å²) >= 11 is 0. The van der Waals surface area contributed by atoms with Crippen LogP contribution in [0.25, 0.3) is 0 Å². The van der Waals surface area contributed by atoms with Crippen molar-refractivity contribution in [3.05, 3.63) is 18.2 Å². The van der Waals surface area contributed by atoms with Gasteiger partial charge in [-0.2, -0.15) is 0 Å². The molecule has 1 saturated carbocycles. The van der Waals surface area contributed by atoms with Crippen LogP contribution in [0.3, 0.4) is 0 Å². The number of amides is 1. The Kier molecular flexibility index (Phi) is 3.69. The molecule has 0 spiro atoms. The van der Waals surface area contributed by atoms with Crippen LogP contribution in [-0.4, -0.2) is 38.0 Å². The molecule has 2 heterocycles. The summed E-state index contributed by atoms with van der Waals surface area (Å²) in [6.07, 6.45) is 7.33. The fourth-order valence-electron chi connectivity index (χ4n) is 3.35. The number of carboxylic acid groups (broad SMARTS) is 1. The van der Waals surface area contributed by atoms with E-state index in [2.05, 4.69) is 9.55 Å². The molecule has 1 aliphatic carbocycles. The lowest BCUT2D eigenvalue weighted by molar-refractivity contribution is -0.146. The maximum Gasteiger partial charge on any atom is 0.309 e. The van der Waals surface area contributed by atoms with Gasteiger partial charge in [-0.25, -0.2) is 4.98 Å². The Morgan fingerprint density at radius 1 is 1.43 bits per heavy atom. The molecule has 0 bridgehead atoms. The molecule has 2 aliphatic rings. The molecule has 2 fully saturated rings. The van der Waals surface area contributed by atoms with Gasteiger partial charge in [0.1, 0.15) is 0 Å². The fraction of sp³-hybridized carbons (Fsp3) is 0.667. The summed E-state index contributed by atoms with van der Waals surface area (Å²) in [5.74, 6) is -1.32. The van der Waals surface area contributed by atoms with Gasteiger partial charge in [-0.05, 0) is 32.6 Å². The molecule has 1 aliphatic heterocycles. The number of rotatable bonds is 4. The molecule has 1 saturated heterocycles. The highest BCUT2D eigenvalue weighted by atomic mass is 16.4. The molecular weight excluding hydrogens is 270 g/mol. The summed E-state index contributed by atoms with van der Waals surface area (Å²) in [6.45, 7) is 2.44. The molecule has 2 atom stereocenters. The summed E-state index contributed by atoms with van der Waals surface area (Å²) < 4.78 is 2.07. The number of likely N-dealkylation sites (tertiary alicyclic amines) is 1. The summed E-state index contributed by atoms with van der Waals surface area (Å²) in [5, 5.41) is 9.61. The van der Waals surface area contributed by atoms with Gasteiger partial charge in [-0.15, -0.1) is 0 Å². The second kappa shape index (κ2) is 5.50. The van der Waals surface area contributed by atoms with Crippen molar-refractivity contribution >= 4 is 11.9 Å². The van der Waals surface area contributed by atoms with E-state index < -0.39 is 17.9 Å². The van der Waals surface area contributed by atoms with E-state index in [1.807, 2.05) is 6.92 Å². The molecule has 21 heavy (non-hydrogen) atoms. The standard InChI is InChI=1S/C15H21N3O3/c1-2-17-13(19)5-3-4-11(15(20)21)14(17)12-8-16-9-18(12)10-6-7-10/h8-11,14H,2-7H2,1H3,(H,20,21). The first-order chi connectivity index (χ1) is 10.1. The maximum atomic E-state index is 12.3. The lowest BCUT2D eigenvalue weighted by atomic mass is 9.92. The van der Waals surface area contributed by atoms with E-state index in [-0.39, 0.29) is 5.91 Å². The van der Waals surface area contributed by atoms with Gasteiger partial charge >= 0.3 is 5.97 Å². The van der Waals surface area contributed by atoms with Gasteiger partial charge in [-0.3, -0.25) is 9.59 Å². The Labute approximate surface area is 123 Å². The molecule has 1 amide bonds. The molecule has 6 heteroatoms. The SMILES string of the molecule is CCN1C(=O)CCCC(C(=O)O)C1c1cncn1C1CC1. The third kappa shape index (κ3) is 2.54. The Balaban J connectivity index is 2.03. The predicted molar refractivity (Wildman–Crippen MR) is 75.6 cm³/mol. The van der Waals surface area contributed by atoms with E-state index in [1.165, 1.54) is 0 Å². The van der Waals surface area contributed by atoms with Crippen molar-refractivity contribution in [1.82, 2.24) is 14.5 Å². The summed E-state index contributed by atoms with van der Waals surface area (Å²) in [5.41, 5.74) is 0.877. The van der Waals surface area contributed by atoms with E-state index in [1.54, 1.807) is 17.4 Å². The highest BCUT2D eigenvalue weighted by Crippen LogP contribution is 2.41. The van der Waals surface area contributed by atoms with Gasteiger partial charge < -0.3 is 14.6 Å². The maximum absolute atomic E-state index is 12.3. The number of carbonyl (C=O) groups is 2. The first kappa shape index (κ1) is 14.1. The minimum absolute atomic E-state index is 0.0507. The first-order valence-corrected chi connectivity index (χ1v) is 7.67. The molecule has 0 radical (unpaired) electrons. The first-order valence-electron chi connectivity index (χ1n) is 7.67. The van der Waals surface area contributed by atoms with Gasteiger partial charge in [0, 0.05) is 19.0 Å². The second-order valence-corrected chi connectivity index (χ2v) is 5.92. The van der Waals surface area contributed by atoms with Crippen LogP contribution < -0.4 is 0 Å². The van der Waals surface area contributed by atoms with Gasteiger partial charge in [-0.1, -0.05) is 0 Å². The minimum atomic E-state index is -0.823. The average molecular weight is 291 g/mol. The Morgan fingerprint density at radius 2 is 2.19 bits per heavy atom. The van der Waals surface area contributed by atoms with E-state index in [0.29, 0.717) is 31.8 Å². The monoisotopic (exact) mass is 291 g/mol. The number of hydrogen-bond acceptors (Lipinski definition) is 3. The fourth-order valence-corrected chi connectivity index (χ4v) is 3.35. The number of hydrogen-bond donors (Lipinski definition) is 1. The van der Waals surface area contributed by atoms with Crippen LogP contribution >= 0.6 is 0 Å². The number of imidazole rings is 1. The molecule has 2 unspecified atom stereocenters. The van der Waals surface area contributed by atoms with E-state index in [4.69, 9.17) is 0 Å². The summed E-state index contributed by atoms with van der Waals surface area (Å²) in [6, 6.07) is 0.0274. The Morgan fingerprint density at radius 3 is 2.81 bits per heavy atom. The van der Waals surface area contributed by atoms with Crippen molar-refractivity contribution in [2.24, 2.45) is 5.92 Å². The van der Waals surface area contributed by atoms with E-state index in [0.717, 1.165) is 18.5 Å². The summed E-state index contributed by atoms with van der Waals surface area (Å²) in [4.78, 5) is 30.0. The van der Waals surface area contributed by atoms with Gasteiger partial charge in [0.25, 0.3) is 0 Å². The smallest absolute Gasteiger partial charge is 0.309 e. The van der Waals surface area contributed by atoms with Crippen molar-refractivity contribution in [3.63, 3.8) is 0 Å². The van der Waals surface area contributed by atoms with Crippen molar-refractivity contribution in [3.8, 4) is 0 Å². The Bertz CT molecular complexity index is 548. The van der Waals surface area contributed by atoms with E-state index >= 15 is 0 Å². The molecular formula is C15H21N3O3. The van der Waals surface area contributed by atoms with Crippen molar-refractivity contribution in [2.75, 3.05) is 6.54 Å². The minimum Gasteiger partial charge on any atom is -0.481 e. The van der Waals surface area contributed by atoms with Crippen LogP contribution in [0, 0.1) is 5.92 Å². The third-order valence-corrected chi connectivity index (χ3v) is 4.54. The molecule has 1 aromatic rings. The van der Waals surface area contributed by atoms with Crippen LogP contribution in [0.4, 0.5) is 0 Å². The van der Waals surface area contributed by atoms with Gasteiger partial charge in [0.2, 0.25) is 5.91 Å². The highest BCUT2D eigenvalue weighted by molar-refractivity contribution is 5.79. The van der Waals surface area contributed by atoms with Crippen LogP contribution in [0.15, 0.2) is 12.5 Å². The molecule has 114 valence electrons. The van der Waals surface area contributed by atoms with Gasteiger partial charge in [0.05, 0.1) is 30.2 Å². The number of carbonyl (C=O) groups excluding carboxylic acids is 1. The lowest BCUT2D eigenvalue weighted by Gasteiger charge is -2.33. The van der Waals surface area contributed by atoms with Crippen LogP contribution in [0.2, 0.25) is 0 Å². The van der Waals surface area contributed by atoms with Gasteiger partial charge in [0.15, 0.2) is 0 Å². The van der Waals surface area contributed by atoms with Crippen LogP contribution in [0.1, 0.15) is 56.8 Å². The molecule has 6 nitrogen and oxygen atoms in total. The van der Waals surface area contributed by atoms with Crippen LogP contribution in [0.5, 0.6) is 0 Å². The van der Waals surface area contributed by atoms with E-state index in [9.17, 15) is 14.7 Å². The molecule has 0 aromatic carbocycles. The lowest BCUT2D eigenvalue weighted by Crippen LogP contribution is -2.39. The highest BCUT2D eigenvalue weighted by Gasteiger charge is 2.41. The zero-order valence-electron chi connectivity index (χ0n) is 12.2. The normalized spacial score (nSPS) is 26.7. The zero-order valence-corrected chi connectivity index (χ0v) is 12.2. The molecule has 3 rings (SSSR count).